The number of ketones is 1. The fraction of sp³-hybridized carbons (Fsp3) is 0.545. The standard InChI is InChI=1S/C11H14O3S/c12-10(11-4-2-6-15-11)8-13-7-9-3-1-5-14-9/h2,4,6,9H,1,3,5,7-8H2. The lowest BCUT2D eigenvalue weighted by Crippen LogP contribution is -2.17. The van der Waals surface area contributed by atoms with Gasteiger partial charge in [0.2, 0.25) is 0 Å². The van der Waals surface area contributed by atoms with Crippen molar-refractivity contribution >= 4 is 17.1 Å². The van der Waals surface area contributed by atoms with Gasteiger partial charge in [0.1, 0.15) is 6.61 Å². The van der Waals surface area contributed by atoms with Crippen LogP contribution in [0.25, 0.3) is 0 Å². The first-order valence-electron chi connectivity index (χ1n) is 5.12. The molecule has 0 aliphatic carbocycles. The topological polar surface area (TPSA) is 35.5 Å². The first-order chi connectivity index (χ1) is 7.36. The fourth-order valence-corrected chi connectivity index (χ4v) is 2.22. The van der Waals surface area contributed by atoms with Gasteiger partial charge in [-0.3, -0.25) is 4.79 Å². The number of Topliss-reactive ketones (excluding diaryl/α,β-unsaturated/α-hetero) is 1. The van der Waals surface area contributed by atoms with Gasteiger partial charge in [0.15, 0.2) is 5.78 Å². The quantitative estimate of drug-likeness (QED) is 0.721. The van der Waals surface area contributed by atoms with Crippen molar-refractivity contribution in [3.8, 4) is 0 Å². The van der Waals surface area contributed by atoms with Crippen LogP contribution in [0.15, 0.2) is 17.5 Å². The van der Waals surface area contributed by atoms with Crippen LogP contribution in [0.4, 0.5) is 0 Å². The van der Waals surface area contributed by atoms with Crippen LogP contribution in [-0.4, -0.2) is 31.7 Å². The lowest BCUT2D eigenvalue weighted by atomic mass is 10.2. The molecule has 1 aliphatic heterocycles. The summed E-state index contributed by atoms with van der Waals surface area (Å²) in [6.07, 6.45) is 2.35. The summed E-state index contributed by atoms with van der Waals surface area (Å²) in [5, 5.41) is 1.90. The lowest BCUT2D eigenvalue weighted by molar-refractivity contribution is 0.0191. The van der Waals surface area contributed by atoms with E-state index < -0.39 is 0 Å². The number of hydrogen-bond donors (Lipinski definition) is 0. The molecule has 2 rings (SSSR count). The Balaban J connectivity index is 1.67. The van der Waals surface area contributed by atoms with E-state index in [9.17, 15) is 4.79 Å². The number of hydrogen-bond acceptors (Lipinski definition) is 4. The average Bonchev–Trinajstić information content (AvgIpc) is 2.90. The van der Waals surface area contributed by atoms with Crippen molar-refractivity contribution in [2.45, 2.75) is 18.9 Å². The summed E-state index contributed by atoms with van der Waals surface area (Å²) in [6.45, 7) is 1.53. The maximum atomic E-state index is 11.5. The normalized spacial score (nSPS) is 20.7. The summed E-state index contributed by atoms with van der Waals surface area (Å²) in [5.41, 5.74) is 0. The number of carbonyl (C=O) groups excluding carboxylic acids is 1. The van der Waals surface area contributed by atoms with Gasteiger partial charge in [-0.05, 0) is 24.3 Å². The first-order valence-corrected chi connectivity index (χ1v) is 6.00. The van der Waals surface area contributed by atoms with Gasteiger partial charge in [-0.25, -0.2) is 0 Å². The second-order valence-electron chi connectivity index (χ2n) is 3.55. The molecule has 15 heavy (non-hydrogen) atoms. The SMILES string of the molecule is O=C(COCC1CCCO1)c1cccs1. The molecule has 1 aliphatic rings. The minimum absolute atomic E-state index is 0.0583. The highest BCUT2D eigenvalue weighted by molar-refractivity contribution is 7.12. The van der Waals surface area contributed by atoms with Crippen molar-refractivity contribution in [3.63, 3.8) is 0 Å². The molecule has 1 aromatic heterocycles. The fourth-order valence-electron chi connectivity index (χ4n) is 1.57. The van der Waals surface area contributed by atoms with Crippen molar-refractivity contribution in [2.24, 2.45) is 0 Å². The van der Waals surface area contributed by atoms with Crippen LogP contribution in [0.5, 0.6) is 0 Å². The molecule has 1 saturated heterocycles. The molecule has 0 bridgehead atoms. The summed E-state index contributed by atoms with van der Waals surface area (Å²) in [5.74, 6) is 0.0583. The molecule has 0 aromatic carbocycles. The molecule has 0 saturated carbocycles. The molecule has 1 aromatic rings. The molecule has 1 unspecified atom stereocenters. The molecule has 0 amide bonds. The second-order valence-corrected chi connectivity index (χ2v) is 4.50. The minimum Gasteiger partial charge on any atom is -0.376 e. The van der Waals surface area contributed by atoms with Crippen LogP contribution in [-0.2, 0) is 9.47 Å². The lowest BCUT2D eigenvalue weighted by Gasteiger charge is -2.08. The van der Waals surface area contributed by atoms with E-state index in [0.717, 1.165) is 24.3 Å². The van der Waals surface area contributed by atoms with E-state index in [2.05, 4.69) is 0 Å². The summed E-state index contributed by atoms with van der Waals surface area (Å²) >= 11 is 1.45. The molecule has 1 atom stereocenters. The Kier molecular flexibility index (Phi) is 3.88. The van der Waals surface area contributed by atoms with E-state index in [4.69, 9.17) is 9.47 Å². The zero-order chi connectivity index (χ0) is 10.5. The predicted octanol–water partition coefficient (Wildman–Crippen LogP) is 2.13. The van der Waals surface area contributed by atoms with Crippen LogP contribution in [0.2, 0.25) is 0 Å². The van der Waals surface area contributed by atoms with Crippen molar-refractivity contribution in [1.29, 1.82) is 0 Å². The van der Waals surface area contributed by atoms with Gasteiger partial charge >= 0.3 is 0 Å². The minimum atomic E-state index is 0.0583. The van der Waals surface area contributed by atoms with E-state index >= 15 is 0 Å². The molecule has 3 nitrogen and oxygen atoms in total. The highest BCUT2D eigenvalue weighted by Gasteiger charge is 2.16. The third kappa shape index (κ3) is 3.12. The van der Waals surface area contributed by atoms with Crippen molar-refractivity contribution in [1.82, 2.24) is 0 Å². The predicted molar refractivity (Wildman–Crippen MR) is 58.4 cm³/mol. The van der Waals surface area contributed by atoms with Gasteiger partial charge in [-0.2, -0.15) is 0 Å². The summed E-state index contributed by atoms with van der Waals surface area (Å²) in [4.78, 5) is 12.3. The second kappa shape index (κ2) is 5.39. The van der Waals surface area contributed by atoms with Crippen LogP contribution in [0, 0.1) is 0 Å². The maximum absolute atomic E-state index is 11.5. The molecule has 82 valence electrons. The van der Waals surface area contributed by atoms with Gasteiger partial charge in [-0.15, -0.1) is 11.3 Å². The van der Waals surface area contributed by atoms with Gasteiger partial charge in [0.25, 0.3) is 0 Å². The van der Waals surface area contributed by atoms with Crippen LogP contribution < -0.4 is 0 Å². The molecule has 1 fully saturated rings. The largest absolute Gasteiger partial charge is 0.376 e. The first kappa shape index (κ1) is 10.8. The third-order valence-electron chi connectivity index (χ3n) is 2.36. The zero-order valence-corrected chi connectivity index (χ0v) is 9.29. The molecule has 0 spiro atoms. The number of carbonyl (C=O) groups is 1. The zero-order valence-electron chi connectivity index (χ0n) is 8.48. The van der Waals surface area contributed by atoms with Gasteiger partial charge in [0, 0.05) is 6.61 Å². The Bertz CT molecular complexity index is 302. The monoisotopic (exact) mass is 226 g/mol. The Hall–Kier alpha value is -0.710. The summed E-state index contributed by atoms with van der Waals surface area (Å²) in [7, 11) is 0. The number of rotatable bonds is 5. The molecular weight excluding hydrogens is 212 g/mol. The summed E-state index contributed by atoms with van der Waals surface area (Å²) < 4.78 is 10.7. The molecule has 0 N–H and O–H groups in total. The Morgan fingerprint density at radius 2 is 2.60 bits per heavy atom. The van der Waals surface area contributed by atoms with Gasteiger partial charge in [-0.1, -0.05) is 6.07 Å². The number of thiophene rings is 1. The van der Waals surface area contributed by atoms with E-state index in [-0.39, 0.29) is 18.5 Å². The third-order valence-corrected chi connectivity index (χ3v) is 3.27. The van der Waals surface area contributed by atoms with Crippen LogP contribution in [0.3, 0.4) is 0 Å². The summed E-state index contributed by atoms with van der Waals surface area (Å²) in [6, 6.07) is 3.69. The Labute approximate surface area is 93.0 Å². The average molecular weight is 226 g/mol. The van der Waals surface area contributed by atoms with Crippen molar-refractivity contribution in [2.75, 3.05) is 19.8 Å². The smallest absolute Gasteiger partial charge is 0.198 e. The van der Waals surface area contributed by atoms with Crippen molar-refractivity contribution in [3.05, 3.63) is 22.4 Å². The van der Waals surface area contributed by atoms with Gasteiger partial charge < -0.3 is 9.47 Å². The van der Waals surface area contributed by atoms with E-state index in [1.807, 2.05) is 17.5 Å². The highest BCUT2D eigenvalue weighted by Crippen LogP contribution is 2.13. The number of ether oxygens (including phenoxy) is 2. The Morgan fingerprint density at radius 3 is 3.27 bits per heavy atom. The molecular formula is C11H14O3S. The maximum Gasteiger partial charge on any atom is 0.198 e. The van der Waals surface area contributed by atoms with E-state index in [1.54, 1.807) is 0 Å². The molecule has 4 heteroatoms. The Morgan fingerprint density at radius 1 is 1.67 bits per heavy atom. The van der Waals surface area contributed by atoms with E-state index in [1.165, 1.54) is 11.3 Å². The highest BCUT2D eigenvalue weighted by atomic mass is 32.1. The molecule has 0 radical (unpaired) electrons. The van der Waals surface area contributed by atoms with Gasteiger partial charge in [0.05, 0.1) is 17.6 Å². The van der Waals surface area contributed by atoms with Crippen LogP contribution >= 0.6 is 11.3 Å². The van der Waals surface area contributed by atoms with Crippen LogP contribution in [0.1, 0.15) is 22.5 Å². The molecule has 2 heterocycles. The van der Waals surface area contributed by atoms with Crippen molar-refractivity contribution < 1.29 is 14.3 Å². The van der Waals surface area contributed by atoms with E-state index in [0.29, 0.717) is 6.61 Å².